The van der Waals surface area contributed by atoms with Crippen molar-refractivity contribution >= 4 is 38.3 Å². The summed E-state index contributed by atoms with van der Waals surface area (Å²) < 4.78 is 41.7. The quantitative estimate of drug-likeness (QED) is 0.427. The normalized spacial score (nSPS) is 15.8. The number of hydrogen-bond acceptors (Lipinski definition) is 7. The van der Waals surface area contributed by atoms with Crippen LogP contribution in [0.4, 0.5) is 15.9 Å². The molecule has 1 amide bonds. The lowest BCUT2D eigenvalue weighted by molar-refractivity contribution is -0.125. The fraction of sp³-hybridized carbons (Fsp3) is 0.409. The van der Waals surface area contributed by atoms with Crippen molar-refractivity contribution in [3.63, 3.8) is 0 Å². The van der Waals surface area contributed by atoms with Crippen molar-refractivity contribution in [3.8, 4) is 5.75 Å². The summed E-state index contributed by atoms with van der Waals surface area (Å²) >= 11 is 0. The number of ether oxygens (including phenoxy) is 1. The molecular weight excluding hydrogens is 449 g/mol. The third-order valence-corrected chi connectivity index (χ3v) is 6.78. The fourth-order valence-corrected chi connectivity index (χ4v) is 4.82. The second-order valence-electron chi connectivity index (χ2n) is 8.21. The Morgan fingerprint density at radius 1 is 1.33 bits per heavy atom. The van der Waals surface area contributed by atoms with Gasteiger partial charge in [-0.25, -0.2) is 22.8 Å². The molecular formula is C22H26FN5O4S. The number of benzene rings is 1. The maximum absolute atomic E-state index is 13.8. The van der Waals surface area contributed by atoms with Crippen molar-refractivity contribution in [2.45, 2.75) is 25.7 Å². The Balaban J connectivity index is 1.56. The van der Waals surface area contributed by atoms with Crippen molar-refractivity contribution in [3.05, 3.63) is 41.6 Å². The lowest BCUT2D eigenvalue weighted by Crippen LogP contribution is -2.35. The molecule has 0 spiro atoms. The van der Waals surface area contributed by atoms with Gasteiger partial charge in [0.1, 0.15) is 39.2 Å². The van der Waals surface area contributed by atoms with E-state index in [1.54, 1.807) is 0 Å². The van der Waals surface area contributed by atoms with Crippen LogP contribution in [0.5, 0.6) is 5.75 Å². The van der Waals surface area contributed by atoms with E-state index in [-0.39, 0.29) is 17.6 Å². The van der Waals surface area contributed by atoms with Gasteiger partial charge in [0.2, 0.25) is 5.91 Å². The van der Waals surface area contributed by atoms with Gasteiger partial charge in [-0.2, -0.15) is 0 Å². The number of fused-ring (bicyclic) bond motifs is 3. The van der Waals surface area contributed by atoms with Crippen LogP contribution in [0.1, 0.15) is 24.1 Å². The second kappa shape index (κ2) is 9.34. The van der Waals surface area contributed by atoms with Crippen molar-refractivity contribution in [2.75, 3.05) is 31.0 Å². The molecule has 3 N–H and O–H groups in total. The average Bonchev–Trinajstić information content (AvgIpc) is 3.15. The Kier molecular flexibility index (Phi) is 6.50. The Morgan fingerprint density at radius 3 is 2.91 bits per heavy atom. The zero-order chi connectivity index (χ0) is 23.6. The van der Waals surface area contributed by atoms with Gasteiger partial charge < -0.3 is 20.4 Å². The molecule has 9 nitrogen and oxygen atoms in total. The molecule has 0 aliphatic heterocycles. The first-order chi connectivity index (χ1) is 15.7. The average molecular weight is 476 g/mol. The standard InChI is InChI=1S/C22H26FN5O4S/c1-32-18-7-5-14(23)11-17(18)28-21-19-15-10-13(22(29)24-8-3-9-33(2,30)31)4-6-16(15)27-20(19)25-12-26-21/h5,7,11-13H,3-4,6,8-10H2,1-2H3,(H,24,29)(H2,25,26,27,28)/t13-/m0/s1. The lowest BCUT2D eigenvalue weighted by atomic mass is 9.86. The first-order valence-electron chi connectivity index (χ1n) is 10.7. The largest absolute Gasteiger partial charge is 0.495 e. The number of nitrogens with zero attached hydrogens (tertiary/aromatic N) is 2. The van der Waals surface area contributed by atoms with Crippen LogP contribution in [-0.4, -0.2) is 54.9 Å². The number of halogens is 1. The maximum atomic E-state index is 13.8. The summed E-state index contributed by atoms with van der Waals surface area (Å²) in [4.78, 5) is 24.7. The van der Waals surface area contributed by atoms with Crippen LogP contribution in [-0.2, 0) is 27.5 Å². The number of rotatable bonds is 8. The lowest BCUT2D eigenvalue weighted by Gasteiger charge is -2.22. The number of nitrogens with one attached hydrogen (secondary N) is 3. The zero-order valence-electron chi connectivity index (χ0n) is 18.4. The summed E-state index contributed by atoms with van der Waals surface area (Å²) in [5.41, 5.74) is 3.03. The molecule has 176 valence electrons. The van der Waals surface area contributed by atoms with Crippen molar-refractivity contribution < 1.29 is 22.3 Å². The van der Waals surface area contributed by atoms with E-state index in [9.17, 15) is 17.6 Å². The smallest absolute Gasteiger partial charge is 0.223 e. The highest BCUT2D eigenvalue weighted by atomic mass is 32.2. The number of carbonyl (C=O) groups is 1. The predicted octanol–water partition coefficient (Wildman–Crippen LogP) is 2.50. The van der Waals surface area contributed by atoms with E-state index in [4.69, 9.17) is 4.74 Å². The van der Waals surface area contributed by atoms with Crippen LogP contribution in [0, 0.1) is 11.7 Å². The summed E-state index contributed by atoms with van der Waals surface area (Å²) in [5.74, 6) is 0.260. The molecule has 0 fully saturated rings. The molecule has 1 aliphatic rings. The number of H-pyrrole nitrogens is 1. The Bertz CT molecular complexity index is 1290. The number of aryl methyl sites for hydroxylation is 1. The van der Waals surface area contributed by atoms with Crippen LogP contribution in [0.25, 0.3) is 11.0 Å². The highest BCUT2D eigenvalue weighted by Gasteiger charge is 2.29. The van der Waals surface area contributed by atoms with Crippen LogP contribution in [0.3, 0.4) is 0 Å². The van der Waals surface area contributed by atoms with Crippen LogP contribution >= 0.6 is 0 Å². The van der Waals surface area contributed by atoms with E-state index in [0.717, 1.165) is 16.6 Å². The van der Waals surface area contributed by atoms with Crippen LogP contribution in [0.2, 0.25) is 0 Å². The third-order valence-electron chi connectivity index (χ3n) is 5.75. The van der Waals surface area contributed by atoms with E-state index in [2.05, 4.69) is 25.6 Å². The van der Waals surface area contributed by atoms with Gasteiger partial charge in [-0.3, -0.25) is 4.79 Å². The van der Waals surface area contributed by atoms with Gasteiger partial charge >= 0.3 is 0 Å². The van der Waals surface area contributed by atoms with Gasteiger partial charge in [0, 0.05) is 30.5 Å². The first kappa shape index (κ1) is 23.0. The monoisotopic (exact) mass is 475 g/mol. The highest BCUT2D eigenvalue weighted by molar-refractivity contribution is 7.90. The van der Waals surface area contributed by atoms with E-state index < -0.39 is 15.7 Å². The summed E-state index contributed by atoms with van der Waals surface area (Å²) in [6.45, 7) is 0.318. The molecule has 2 aromatic heterocycles. The topological polar surface area (TPSA) is 126 Å². The molecule has 3 aromatic rings. The molecule has 1 aliphatic carbocycles. The molecule has 11 heteroatoms. The van der Waals surface area contributed by atoms with Crippen molar-refractivity contribution in [1.29, 1.82) is 0 Å². The number of amides is 1. The van der Waals surface area contributed by atoms with Crippen LogP contribution in [0.15, 0.2) is 24.5 Å². The molecule has 1 atom stereocenters. The third kappa shape index (κ3) is 5.24. The van der Waals surface area contributed by atoms with Gasteiger partial charge in [-0.1, -0.05) is 0 Å². The fourth-order valence-electron chi connectivity index (χ4n) is 4.16. The molecule has 0 bridgehead atoms. The number of carbonyl (C=O) groups excluding carboxylic acids is 1. The number of anilines is 2. The summed E-state index contributed by atoms with van der Waals surface area (Å²) in [5, 5.41) is 6.76. The molecule has 0 radical (unpaired) electrons. The maximum Gasteiger partial charge on any atom is 0.223 e. The van der Waals surface area contributed by atoms with Gasteiger partial charge in [-0.15, -0.1) is 0 Å². The first-order valence-corrected chi connectivity index (χ1v) is 12.7. The van der Waals surface area contributed by atoms with Crippen molar-refractivity contribution in [1.82, 2.24) is 20.3 Å². The van der Waals surface area contributed by atoms with E-state index in [0.29, 0.717) is 55.1 Å². The number of sulfone groups is 1. The molecule has 0 saturated heterocycles. The van der Waals surface area contributed by atoms with Gasteiger partial charge in [0.15, 0.2) is 0 Å². The summed E-state index contributed by atoms with van der Waals surface area (Å²) in [7, 11) is -1.55. The Labute approximate surface area is 191 Å². The second-order valence-corrected chi connectivity index (χ2v) is 10.5. The Morgan fingerprint density at radius 2 is 2.15 bits per heavy atom. The SMILES string of the molecule is COc1ccc(F)cc1Nc1ncnc2[nH]c3c(c12)C[C@@H](C(=O)NCCCS(C)(=O)=O)CC3. The zero-order valence-corrected chi connectivity index (χ0v) is 19.3. The Hall–Kier alpha value is -3.21. The minimum atomic E-state index is -3.05. The minimum absolute atomic E-state index is 0.0421. The molecule has 33 heavy (non-hydrogen) atoms. The van der Waals surface area contributed by atoms with E-state index >= 15 is 0 Å². The highest BCUT2D eigenvalue weighted by Crippen LogP contribution is 2.36. The molecule has 0 saturated carbocycles. The summed E-state index contributed by atoms with van der Waals surface area (Å²) in [6.07, 6.45) is 4.83. The molecule has 2 heterocycles. The van der Waals surface area contributed by atoms with E-state index in [1.165, 1.54) is 37.9 Å². The molecule has 0 unspecified atom stereocenters. The van der Waals surface area contributed by atoms with Gasteiger partial charge in [0.25, 0.3) is 0 Å². The summed E-state index contributed by atoms with van der Waals surface area (Å²) in [6, 6.07) is 4.18. The van der Waals surface area contributed by atoms with Crippen molar-refractivity contribution in [2.24, 2.45) is 5.92 Å². The number of hydrogen-bond donors (Lipinski definition) is 3. The minimum Gasteiger partial charge on any atom is -0.495 e. The predicted molar refractivity (Wildman–Crippen MR) is 123 cm³/mol. The number of methoxy groups -OCH3 is 1. The van der Waals surface area contributed by atoms with Gasteiger partial charge in [-0.05, 0) is 43.4 Å². The van der Waals surface area contributed by atoms with Crippen LogP contribution < -0.4 is 15.4 Å². The van der Waals surface area contributed by atoms with E-state index in [1.807, 2.05) is 0 Å². The molecule has 1 aromatic carbocycles. The number of aromatic amines is 1. The number of aromatic nitrogens is 3. The van der Waals surface area contributed by atoms with Gasteiger partial charge in [0.05, 0.1) is 23.9 Å². The molecule has 4 rings (SSSR count).